The van der Waals surface area contributed by atoms with E-state index in [0.29, 0.717) is 18.8 Å². The zero-order valence-corrected chi connectivity index (χ0v) is 25.4. The van der Waals surface area contributed by atoms with Crippen LogP contribution in [0.5, 0.6) is 11.5 Å². The summed E-state index contributed by atoms with van der Waals surface area (Å²) < 4.78 is 19.1. The molecule has 10 heteroatoms. The van der Waals surface area contributed by atoms with Crippen molar-refractivity contribution < 1.29 is 19.0 Å². The smallest absolute Gasteiger partial charge is 0.264 e. The maximum absolute atomic E-state index is 14.4. The zero-order valence-electron chi connectivity index (χ0n) is 24.6. The van der Waals surface area contributed by atoms with Gasteiger partial charge in [-0.05, 0) is 59.9 Å². The summed E-state index contributed by atoms with van der Waals surface area (Å²) in [5.41, 5.74) is 6.63. The predicted octanol–water partition coefficient (Wildman–Crippen LogP) is 5.74. The summed E-state index contributed by atoms with van der Waals surface area (Å²) in [5.74, 6) is 1.76. The molecule has 2 aromatic carbocycles. The predicted molar refractivity (Wildman–Crippen MR) is 169 cm³/mol. The minimum atomic E-state index is -0.274. The Kier molecular flexibility index (Phi) is 6.68. The van der Waals surface area contributed by atoms with Crippen molar-refractivity contribution in [3.63, 3.8) is 0 Å². The molecule has 2 aliphatic heterocycles. The van der Waals surface area contributed by atoms with Crippen molar-refractivity contribution in [1.29, 1.82) is 0 Å². The third-order valence-corrected chi connectivity index (χ3v) is 10.1. The molecule has 0 spiro atoms. The normalized spacial score (nSPS) is 19.4. The Labute approximate surface area is 259 Å². The fourth-order valence-corrected chi connectivity index (χ4v) is 7.92. The zero-order chi connectivity index (χ0) is 29.8. The molecule has 3 atom stereocenters. The third-order valence-electron chi connectivity index (χ3n) is 8.94. The highest BCUT2D eigenvalue weighted by Gasteiger charge is 2.37. The Hall–Kier alpha value is -4.54. The molecule has 1 aliphatic carbocycles. The number of rotatable bonds is 7. The van der Waals surface area contributed by atoms with E-state index >= 15 is 0 Å². The average molecular weight is 608 g/mol. The van der Waals surface area contributed by atoms with Crippen LogP contribution in [0.2, 0.25) is 0 Å². The van der Waals surface area contributed by atoms with Gasteiger partial charge in [-0.1, -0.05) is 31.2 Å². The molecule has 0 saturated carbocycles. The van der Waals surface area contributed by atoms with Gasteiger partial charge in [0.2, 0.25) is 6.79 Å². The fraction of sp³-hybridized carbons (Fsp3) is 0.294. The van der Waals surface area contributed by atoms with Crippen molar-refractivity contribution in [2.24, 2.45) is 5.92 Å². The lowest BCUT2D eigenvalue weighted by molar-refractivity contribution is 0.0658. The number of carbonyl (C=O) groups is 1. The minimum absolute atomic E-state index is 0.0433. The average Bonchev–Trinajstić information content (AvgIpc) is 3.85. The highest BCUT2D eigenvalue weighted by Crippen LogP contribution is 2.43. The Morgan fingerprint density at radius 1 is 1.20 bits per heavy atom. The van der Waals surface area contributed by atoms with Gasteiger partial charge in [0.1, 0.15) is 6.23 Å². The van der Waals surface area contributed by atoms with E-state index in [9.17, 15) is 4.79 Å². The first-order valence-electron chi connectivity index (χ1n) is 14.9. The van der Waals surface area contributed by atoms with Crippen LogP contribution in [0.15, 0.2) is 72.9 Å². The number of carbonyl (C=O) groups excluding carboxylic acids is 1. The standard InChI is InChI=1S/C34H33N5O4S/c1-20-13-29-22(14-26(20)36-31(41-2)17-38-12-10-35-18-38)16-30(44-29)34(40)39-11-9-24-23-5-3-4-6-25(23)37-32(24)33(39)21-7-8-27-28(15-21)43-19-42-27/h3-8,10,12,14-16,18,20,31,33,36-37H,9,11,13,17,19H2,1-2H3. The maximum Gasteiger partial charge on any atom is 0.264 e. The molecule has 3 aliphatic rings. The van der Waals surface area contributed by atoms with E-state index in [0.717, 1.165) is 51.5 Å². The van der Waals surface area contributed by atoms with E-state index in [1.807, 2.05) is 33.9 Å². The number of allylic oxidation sites excluding steroid dienone is 1. The molecule has 3 aromatic heterocycles. The van der Waals surface area contributed by atoms with E-state index < -0.39 is 0 Å². The van der Waals surface area contributed by atoms with E-state index in [1.165, 1.54) is 15.8 Å². The lowest BCUT2D eigenvalue weighted by atomic mass is 9.91. The topological polar surface area (TPSA) is 93.6 Å². The number of H-pyrrole nitrogens is 1. The summed E-state index contributed by atoms with van der Waals surface area (Å²) in [7, 11) is 1.71. The van der Waals surface area contributed by atoms with Crippen LogP contribution in [-0.2, 0) is 24.1 Å². The largest absolute Gasteiger partial charge is 0.454 e. The van der Waals surface area contributed by atoms with Crippen molar-refractivity contribution in [3.05, 3.63) is 105 Å². The van der Waals surface area contributed by atoms with Crippen LogP contribution < -0.4 is 14.8 Å². The SMILES string of the molecule is COC(Cn1ccnc1)NC1=Cc2cc(C(=O)N3CCc4c([nH]c5ccccc45)C3c3ccc4c(c3)OCO4)sc2CC1C. The maximum atomic E-state index is 14.4. The van der Waals surface area contributed by atoms with Crippen molar-refractivity contribution in [2.75, 3.05) is 20.4 Å². The first-order valence-corrected chi connectivity index (χ1v) is 15.8. The van der Waals surface area contributed by atoms with Crippen molar-refractivity contribution >= 4 is 34.2 Å². The second-order valence-corrected chi connectivity index (χ2v) is 12.8. The van der Waals surface area contributed by atoms with Crippen LogP contribution in [0.25, 0.3) is 17.0 Å². The fourth-order valence-electron chi connectivity index (χ4n) is 6.69. The Morgan fingerprint density at radius 2 is 2.09 bits per heavy atom. The second-order valence-electron chi connectivity index (χ2n) is 11.6. The quantitative estimate of drug-likeness (QED) is 0.229. The number of aromatic amines is 1. The number of ether oxygens (including phenoxy) is 3. The van der Waals surface area contributed by atoms with Gasteiger partial charge in [0.25, 0.3) is 5.91 Å². The van der Waals surface area contributed by atoms with Gasteiger partial charge < -0.3 is 34.0 Å². The molecular formula is C34H33N5O4S. The number of aromatic nitrogens is 3. The molecule has 0 bridgehead atoms. The summed E-state index contributed by atoms with van der Waals surface area (Å²) in [6.45, 7) is 3.69. The number of nitrogens with zero attached hydrogens (tertiary/aromatic N) is 3. The molecule has 5 heterocycles. The Balaban J connectivity index is 1.12. The van der Waals surface area contributed by atoms with Crippen LogP contribution in [0, 0.1) is 5.92 Å². The van der Waals surface area contributed by atoms with Crippen molar-refractivity contribution in [3.8, 4) is 11.5 Å². The van der Waals surface area contributed by atoms with Gasteiger partial charge in [-0.3, -0.25) is 4.79 Å². The number of thiophene rings is 1. The highest BCUT2D eigenvalue weighted by atomic mass is 32.1. The molecule has 9 nitrogen and oxygen atoms in total. The summed E-state index contributed by atoms with van der Waals surface area (Å²) >= 11 is 1.61. The summed E-state index contributed by atoms with van der Waals surface area (Å²) in [4.78, 5) is 26.2. The van der Waals surface area contributed by atoms with Gasteiger partial charge in [-0.25, -0.2) is 4.98 Å². The van der Waals surface area contributed by atoms with E-state index in [1.54, 1.807) is 31.0 Å². The second kappa shape index (κ2) is 10.9. The molecule has 2 N–H and O–H groups in total. The number of amides is 1. The third kappa shape index (κ3) is 4.65. The number of fused-ring (bicyclic) bond motifs is 5. The van der Waals surface area contributed by atoms with Gasteiger partial charge >= 0.3 is 0 Å². The van der Waals surface area contributed by atoms with E-state index in [2.05, 4.69) is 58.6 Å². The molecule has 224 valence electrons. The Morgan fingerprint density at radius 3 is 2.95 bits per heavy atom. The molecule has 0 fully saturated rings. The lowest BCUT2D eigenvalue weighted by Crippen LogP contribution is -2.40. The number of benzene rings is 2. The van der Waals surface area contributed by atoms with E-state index in [4.69, 9.17) is 14.2 Å². The lowest BCUT2D eigenvalue weighted by Gasteiger charge is -2.36. The van der Waals surface area contributed by atoms with Gasteiger partial charge in [0.15, 0.2) is 11.5 Å². The van der Waals surface area contributed by atoms with E-state index in [-0.39, 0.29) is 30.9 Å². The Bertz CT molecular complexity index is 1890. The first-order chi connectivity index (χ1) is 21.6. The van der Waals surface area contributed by atoms with Gasteiger partial charge in [0.05, 0.1) is 23.8 Å². The van der Waals surface area contributed by atoms with Gasteiger partial charge in [0, 0.05) is 59.1 Å². The number of hydrogen-bond donors (Lipinski definition) is 2. The number of methoxy groups -OCH3 is 1. The molecule has 1 amide bonds. The van der Waals surface area contributed by atoms with Crippen molar-refractivity contribution in [2.45, 2.75) is 38.6 Å². The summed E-state index contributed by atoms with van der Waals surface area (Å²) in [6.07, 6.45) is 9.13. The minimum Gasteiger partial charge on any atom is -0.454 e. The number of nitrogens with one attached hydrogen (secondary N) is 2. The van der Waals surface area contributed by atoms with Crippen LogP contribution in [0.4, 0.5) is 0 Å². The molecule has 3 unspecified atom stereocenters. The number of para-hydroxylation sites is 1. The molecular weight excluding hydrogens is 574 g/mol. The summed E-state index contributed by atoms with van der Waals surface area (Å²) in [6, 6.07) is 16.2. The van der Waals surface area contributed by atoms with Crippen molar-refractivity contribution in [1.82, 2.24) is 24.8 Å². The van der Waals surface area contributed by atoms with Crippen LogP contribution in [0.1, 0.15) is 49.9 Å². The first kappa shape index (κ1) is 27.0. The van der Waals surface area contributed by atoms with Gasteiger partial charge in [-0.15, -0.1) is 11.3 Å². The number of hydrogen-bond acceptors (Lipinski definition) is 7. The molecule has 0 radical (unpaired) electrons. The van der Waals surface area contributed by atoms with Crippen LogP contribution in [-0.4, -0.2) is 52.0 Å². The van der Waals surface area contributed by atoms with Gasteiger partial charge in [-0.2, -0.15) is 0 Å². The summed E-state index contributed by atoms with van der Waals surface area (Å²) in [5, 5.41) is 4.80. The molecule has 44 heavy (non-hydrogen) atoms. The number of imidazole rings is 1. The monoisotopic (exact) mass is 607 g/mol. The molecule has 5 aromatic rings. The van der Waals surface area contributed by atoms with Crippen LogP contribution in [0.3, 0.4) is 0 Å². The van der Waals surface area contributed by atoms with Crippen LogP contribution >= 0.6 is 11.3 Å². The molecule has 0 saturated heterocycles. The molecule has 8 rings (SSSR count). The highest BCUT2D eigenvalue weighted by molar-refractivity contribution is 7.14.